The lowest BCUT2D eigenvalue weighted by Crippen LogP contribution is -2.46. The summed E-state index contributed by atoms with van der Waals surface area (Å²) in [4.78, 5) is 24.8. The van der Waals surface area contributed by atoms with Gasteiger partial charge in [0, 0.05) is 18.9 Å². The first kappa shape index (κ1) is 10.6. The molecule has 0 bridgehead atoms. The molecular formula is C11H17NO3. The van der Waals surface area contributed by atoms with Crippen LogP contribution in [-0.2, 0) is 14.3 Å². The lowest BCUT2D eigenvalue weighted by molar-refractivity contribution is -0.143. The molecule has 2 saturated heterocycles. The molecule has 0 aliphatic carbocycles. The van der Waals surface area contributed by atoms with E-state index in [0.717, 1.165) is 32.4 Å². The molecule has 4 heteroatoms. The Labute approximate surface area is 89.6 Å². The Morgan fingerprint density at radius 3 is 2.87 bits per heavy atom. The van der Waals surface area contributed by atoms with E-state index in [1.54, 1.807) is 6.92 Å². The standard InChI is InChI=1S/C11H17NO3/c1-8(13)9-3-2-5-12(7-9)10-4-6-15-11(10)14/h9-10H,2-7H2,1H3. The van der Waals surface area contributed by atoms with Gasteiger partial charge in [-0.15, -0.1) is 0 Å². The smallest absolute Gasteiger partial charge is 0.323 e. The number of ketones is 1. The summed E-state index contributed by atoms with van der Waals surface area (Å²) in [6.45, 7) is 3.82. The minimum absolute atomic E-state index is 0.0906. The number of ether oxygens (including phenoxy) is 1. The molecule has 0 spiro atoms. The van der Waals surface area contributed by atoms with Crippen LogP contribution in [0.25, 0.3) is 0 Å². The zero-order valence-electron chi connectivity index (χ0n) is 9.07. The Bertz CT molecular complexity index is 277. The first-order chi connectivity index (χ1) is 7.18. The van der Waals surface area contributed by atoms with Gasteiger partial charge in [-0.25, -0.2) is 0 Å². The number of piperidine rings is 1. The van der Waals surface area contributed by atoms with Crippen molar-refractivity contribution >= 4 is 11.8 Å². The van der Waals surface area contributed by atoms with Gasteiger partial charge in [0.15, 0.2) is 0 Å². The highest BCUT2D eigenvalue weighted by atomic mass is 16.5. The van der Waals surface area contributed by atoms with Crippen LogP contribution in [-0.4, -0.2) is 42.4 Å². The second-order valence-corrected chi connectivity index (χ2v) is 4.42. The van der Waals surface area contributed by atoms with E-state index >= 15 is 0 Å². The Morgan fingerprint density at radius 2 is 2.27 bits per heavy atom. The van der Waals surface area contributed by atoms with Gasteiger partial charge in [-0.3, -0.25) is 14.5 Å². The molecule has 0 aromatic rings. The maximum atomic E-state index is 11.4. The van der Waals surface area contributed by atoms with Gasteiger partial charge in [0.05, 0.1) is 6.61 Å². The maximum Gasteiger partial charge on any atom is 0.323 e. The van der Waals surface area contributed by atoms with Crippen LogP contribution >= 0.6 is 0 Å². The first-order valence-corrected chi connectivity index (χ1v) is 5.59. The predicted molar refractivity (Wildman–Crippen MR) is 54.3 cm³/mol. The molecule has 0 aromatic carbocycles. The van der Waals surface area contributed by atoms with Crippen molar-refractivity contribution in [2.45, 2.75) is 32.2 Å². The molecule has 4 nitrogen and oxygen atoms in total. The topological polar surface area (TPSA) is 46.6 Å². The van der Waals surface area contributed by atoms with Crippen molar-refractivity contribution in [1.29, 1.82) is 0 Å². The van der Waals surface area contributed by atoms with E-state index in [4.69, 9.17) is 4.74 Å². The van der Waals surface area contributed by atoms with E-state index in [-0.39, 0.29) is 23.7 Å². The van der Waals surface area contributed by atoms with Gasteiger partial charge in [-0.05, 0) is 26.3 Å². The number of likely N-dealkylation sites (tertiary alicyclic amines) is 1. The highest BCUT2D eigenvalue weighted by Crippen LogP contribution is 2.23. The van der Waals surface area contributed by atoms with Crippen molar-refractivity contribution in [1.82, 2.24) is 4.90 Å². The summed E-state index contributed by atoms with van der Waals surface area (Å²) in [5.41, 5.74) is 0. The minimum Gasteiger partial charge on any atom is -0.464 e. The molecule has 0 radical (unpaired) electrons. The van der Waals surface area contributed by atoms with Gasteiger partial charge < -0.3 is 4.74 Å². The lowest BCUT2D eigenvalue weighted by Gasteiger charge is -2.33. The van der Waals surface area contributed by atoms with Crippen LogP contribution in [0.4, 0.5) is 0 Å². The van der Waals surface area contributed by atoms with Crippen LogP contribution in [0.3, 0.4) is 0 Å². The number of cyclic esters (lactones) is 1. The van der Waals surface area contributed by atoms with Crippen molar-refractivity contribution in [3.8, 4) is 0 Å². The van der Waals surface area contributed by atoms with Crippen molar-refractivity contribution in [2.24, 2.45) is 5.92 Å². The number of rotatable bonds is 2. The average Bonchev–Trinajstić information content (AvgIpc) is 2.64. The summed E-state index contributed by atoms with van der Waals surface area (Å²) in [5, 5.41) is 0. The Kier molecular flexibility index (Phi) is 3.05. The quantitative estimate of drug-likeness (QED) is 0.628. The van der Waals surface area contributed by atoms with Gasteiger partial charge in [-0.2, -0.15) is 0 Å². The number of carbonyl (C=O) groups is 2. The van der Waals surface area contributed by atoms with Gasteiger partial charge in [0.1, 0.15) is 11.8 Å². The third-order valence-electron chi connectivity index (χ3n) is 3.38. The first-order valence-electron chi connectivity index (χ1n) is 5.59. The molecule has 2 aliphatic heterocycles. The number of hydrogen-bond donors (Lipinski definition) is 0. The molecule has 0 saturated carbocycles. The summed E-state index contributed by atoms with van der Waals surface area (Å²) in [5.74, 6) is 0.248. The summed E-state index contributed by atoms with van der Waals surface area (Å²) >= 11 is 0. The Morgan fingerprint density at radius 1 is 1.47 bits per heavy atom. The van der Waals surface area contributed by atoms with Crippen LogP contribution in [0, 0.1) is 5.92 Å². The zero-order valence-corrected chi connectivity index (χ0v) is 9.07. The monoisotopic (exact) mass is 211 g/mol. The van der Waals surface area contributed by atoms with Crippen LogP contribution in [0.15, 0.2) is 0 Å². The number of nitrogens with zero attached hydrogens (tertiary/aromatic N) is 1. The van der Waals surface area contributed by atoms with Gasteiger partial charge in [-0.1, -0.05) is 0 Å². The second kappa shape index (κ2) is 4.31. The van der Waals surface area contributed by atoms with Crippen LogP contribution in [0.5, 0.6) is 0 Å². The van der Waals surface area contributed by atoms with E-state index in [1.807, 2.05) is 0 Å². The molecule has 2 unspecified atom stereocenters. The van der Waals surface area contributed by atoms with Crippen LogP contribution in [0.2, 0.25) is 0 Å². The number of carbonyl (C=O) groups excluding carboxylic acids is 2. The lowest BCUT2D eigenvalue weighted by atomic mass is 9.93. The van der Waals surface area contributed by atoms with E-state index in [9.17, 15) is 9.59 Å². The molecule has 15 heavy (non-hydrogen) atoms. The predicted octanol–water partition coefficient (Wildman–Crippen LogP) is 0.603. The fraction of sp³-hybridized carbons (Fsp3) is 0.818. The van der Waals surface area contributed by atoms with Gasteiger partial charge in [0.25, 0.3) is 0 Å². The SMILES string of the molecule is CC(=O)C1CCCN(C2CCOC2=O)C1. The van der Waals surface area contributed by atoms with E-state index in [0.29, 0.717) is 6.61 Å². The average molecular weight is 211 g/mol. The third kappa shape index (κ3) is 2.20. The van der Waals surface area contributed by atoms with Crippen molar-refractivity contribution < 1.29 is 14.3 Å². The third-order valence-corrected chi connectivity index (χ3v) is 3.38. The van der Waals surface area contributed by atoms with Crippen molar-refractivity contribution in [3.05, 3.63) is 0 Å². The molecule has 2 fully saturated rings. The summed E-state index contributed by atoms with van der Waals surface area (Å²) in [7, 11) is 0. The summed E-state index contributed by atoms with van der Waals surface area (Å²) in [6.07, 6.45) is 2.76. The van der Waals surface area contributed by atoms with E-state index in [1.165, 1.54) is 0 Å². The van der Waals surface area contributed by atoms with Crippen molar-refractivity contribution in [3.63, 3.8) is 0 Å². The van der Waals surface area contributed by atoms with Gasteiger partial charge in [0.2, 0.25) is 0 Å². The molecule has 0 aromatic heterocycles. The molecule has 2 atom stereocenters. The Balaban J connectivity index is 1.97. The zero-order chi connectivity index (χ0) is 10.8. The minimum atomic E-state index is -0.112. The highest BCUT2D eigenvalue weighted by molar-refractivity contribution is 5.79. The van der Waals surface area contributed by atoms with E-state index < -0.39 is 0 Å². The van der Waals surface area contributed by atoms with E-state index in [2.05, 4.69) is 4.90 Å². The maximum absolute atomic E-state index is 11.4. The molecule has 2 rings (SSSR count). The molecule has 2 heterocycles. The van der Waals surface area contributed by atoms with Crippen molar-refractivity contribution in [2.75, 3.05) is 19.7 Å². The largest absolute Gasteiger partial charge is 0.464 e. The fourth-order valence-corrected chi connectivity index (χ4v) is 2.44. The molecule has 0 N–H and O–H groups in total. The molecular weight excluding hydrogens is 194 g/mol. The number of Topliss-reactive ketones (excluding diaryl/α,β-unsaturated/α-hetero) is 1. The fourth-order valence-electron chi connectivity index (χ4n) is 2.44. The molecule has 0 amide bonds. The van der Waals surface area contributed by atoms with Gasteiger partial charge >= 0.3 is 5.97 Å². The highest BCUT2D eigenvalue weighted by Gasteiger charge is 2.35. The molecule has 84 valence electrons. The summed E-state index contributed by atoms with van der Waals surface area (Å²) in [6, 6.07) is -0.0906. The summed E-state index contributed by atoms with van der Waals surface area (Å²) < 4.78 is 4.95. The Hall–Kier alpha value is -0.900. The number of esters is 1. The second-order valence-electron chi connectivity index (χ2n) is 4.42. The van der Waals surface area contributed by atoms with Crippen LogP contribution < -0.4 is 0 Å². The normalized spacial score (nSPS) is 32.7. The number of hydrogen-bond acceptors (Lipinski definition) is 4. The van der Waals surface area contributed by atoms with Crippen LogP contribution in [0.1, 0.15) is 26.2 Å². The molecule has 2 aliphatic rings.